The third kappa shape index (κ3) is 4.69. The van der Waals surface area contributed by atoms with Gasteiger partial charge in [-0.05, 0) is 41.3 Å². The minimum Gasteiger partial charge on any atom is -0.352 e. The topological polar surface area (TPSA) is 54.9 Å². The fourth-order valence-electron chi connectivity index (χ4n) is 2.63. The summed E-state index contributed by atoms with van der Waals surface area (Å²) in [6.07, 6.45) is 0.314. The number of halogens is 3. The molecule has 0 saturated carbocycles. The Morgan fingerprint density at radius 2 is 1.70 bits per heavy atom. The Kier molecular flexibility index (Phi) is 5.49. The van der Waals surface area contributed by atoms with E-state index >= 15 is 0 Å². The van der Waals surface area contributed by atoms with E-state index < -0.39 is 23.3 Å². The molecule has 0 bridgehead atoms. The van der Waals surface area contributed by atoms with Crippen molar-refractivity contribution in [3.63, 3.8) is 0 Å². The second kappa shape index (κ2) is 7.99. The van der Waals surface area contributed by atoms with Crippen LogP contribution in [-0.4, -0.2) is 22.4 Å². The molecule has 0 fully saturated rings. The van der Waals surface area contributed by atoms with Crippen LogP contribution in [0.4, 0.5) is 13.2 Å². The number of nitrogens with one attached hydrogen (secondary N) is 1. The Labute approximate surface area is 154 Å². The molecule has 4 nitrogen and oxygen atoms in total. The molecular weight excluding hydrogens is 355 g/mol. The zero-order chi connectivity index (χ0) is 19.3. The van der Waals surface area contributed by atoms with Gasteiger partial charge in [0.2, 0.25) is 0 Å². The fourth-order valence-corrected chi connectivity index (χ4v) is 2.63. The standard InChI is InChI=1S/C20H16F3N3O/c21-20(22,23)18-17(4-2-11-25-18)19(27)26-12-9-14-5-7-15(8-6-14)16-3-1-10-24-13-16/h1-8,10-11,13H,9,12H2,(H,26,27). The van der Waals surface area contributed by atoms with Gasteiger partial charge >= 0.3 is 6.18 Å². The lowest BCUT2D eigenvalue weighted by atomic mass is 10.0. The van der Waals surface area contributed by atoms with E-state index in [-0.39, 0.29) is 6.54 Å². The van der Waals surface area contributed by atoms with Crippen LogP contribution in [0, 0.1) is 0 Å². The molecular formula is C20H16F3N3O. The van der Waals surface area contributed by atoms with Crippen molar-refractivity contribution in [3.05, 3.63) is 83.9 Å². The van der Waals surface area contributed by atoms with E-state index in [0.717, 1.165) is 29.0 Å². The normalized spacial score (nSPS) is 11.2. The van der Waals surface area contributed by atoms with Crippen LogP contribution < -0.4 is 5.32 Å². The second-order valence-electron chi connectivity index (χ2n) is 5.84. The number of nitrogens with zero attached hydrogens (tertiary/aromatic N) is 2. The van der Waals surface area contributed by atoms with Crippen LogP contribution in [-0.2, 0) is 12.6 Å². The van der Waals surface area contributed by atoms with E-state index in [1.54, 1.807) is 12.4 Å². The molecule has 0 saturated heterocycles. The smallest absolute Gasteiger partial charge is 0.352 e. The van der Waals surface area contributed by atoms with Crippen molar-refractivity contribution < 1.29 is 18.0 Å². The highest BCUT2D eigenvalue weighted by molar-refractivity contribution is 5.95. The molecule has 0 aliphatic rings. The third-order valence-electron chi connectivity index (χ3n) is 3.97. The minimum atomic E-state index is -4.67. The number of hydrogen-bond acceptors (Lipinski definition) is 3. The van der Waals surface area contributed by atoms with Gasteiger partial charge < -0.3 is 5.32 Å². The quantitative estimate of drug-likeness (QED) is 0.734. The molecule has 0 radical (unpaired) electrons. The van der Waals surface area contributed by atoms with Crippen LogP contribution in [0.1, 0.15) is 21.6 Å². The largest absolute Gasteiger partial charge is 0.434 e. The van der Waals surface area contributed by atoms with Crippen molar-refractivity contribution in [1.82, 2.24) is 15.3 Å². The first kappa shape index (κ1) is 18.6. The number of aromatic nitrogens is 2. The highest BCUT2D eigenvalue weighted by Crippen LogP contribution is 2.29. The first-order chi connectivity index (χ1) is 12.9. The van der Waals surface area contributed by atoms with Crippen molar-refractivity contribution in [1.29, 1.82) is 0 Å². The Morgan fingerprint density at radius 3 is 2.37 bits per heavy atom. The summed E-state index contributed by atoms with van der Waals surface area (Å²) in [5, 5.41) is 2.52. The van der Waals surface area contributed by atoms with Crippen LogP contribution in [0.3, 0.4) is 0 Å². The van der Waals surface area contributed by atoms with Crippen LogP contribution >= 0.6 is 0 Å². The number of hydrogen-bond donors (Lipinski definition) is 1. The zero-order valence-corrected chi connectivity index (χ0v) is 14.2. The van der Waals surface area contributed by atoms with Crippen LogP contribution in [0.2, 0.25) is 0 Å². The van der Waals surface area contributed by atoms with Crippen LogP contribution in [0.25, 0.3) is 11.1 Å². The van der Waals surface area contributed by atoms with Gasteiger partial charge in [0.1, 0.15) is 0 Å². The number of carbonyl (C=O) groups excluding carboxylic acids is 1. The van der Waals surface area contributed by atoms with E-state index in [1.165, 1.54) is 6.07 Å². The third-order valence-corrected chi connectivity index (χ3v) is 3.97. The summed E-state index contributed by atoms with van der Waals surface area (Å²) in [5.41, 5.74) is 1.32. The SMILES string of the molecule is O=C(NCCc1ccc(-c2cccnc2)cc1)c1cccnc1C(F)(F)F. The Hall–Kier alpha value is -3.22. The average molecular weight is 371 g/mol. The molecule has 7 heteroatoms. The van der Waals surface area contributed by atoms with Gasteiger partial charge in [-0.2, -0.15) is 13.2 Å². The minimum absolute atomic E-state index is 0.220. The molecule has 2 heterocycles. The van der Waals surface area contributed by atoms with Crippen molar-refractivity contribution in [2.24, 2.45) is 0 Å². The van der Waals surface area contributed by atoms with Gasteiger partial charge in [0.15, 0.2) is 5.69 Å². The fraction of sp³-hybridized carbons (Fsp3) is 0.150. The molecule has 0 spiro atoms. The first-order valence-corrected chi connectivity index (χ1v) is 8.25. The van der Waals surface area contributed by atoms with Gasteiger partial charge in [0.05, 0.1) is 5.56 Å². The summed E-state index contributed by atoms with van der Waals surface area (Å²) < 4.78 is 38.8. The van der Waals surface area contributed by atoms with Gasteiger partial charge in [-0.1, -0.05) is 30.3 Å². The summed E-state index contributed by atoms with van der Waals surface area (Å²) >= 11 is 0. The summed E-state index contributed by atoms with van der Waals surface area (Å²) in [6, 6.07) is 13.9. The predicted octanol–water partition coefficient (Wildman–Crippen LogP) is 4.13. The molecule has 138 valence electrons. The van der Waals surface area contributed by atoms with Gasteiger partial charge in [-0.25, -0.2) is 0 Å². The number of rotatable bonds is 5. The van der Waals surface area contributed by atoms with Crippen molar-refractivity contribution in [2.75, 3.05) is 6.54 Å². The number of benzene rings is 1. The Bertz CT molecular complexity index is 910. The van der Waals surface area contributed by atoms with E-state index in [9.17, 15) is 18.0 Å². The Balaban J connectivity index is 1.60. The number of carbonyl (C=O) groups is 1. The molecule has 3 rings (SSSR count). The first-order valence-electron chi connectivity index (χ1n) is 8.25. The van der Waals surface area contributed by atoms with E-state index in [1.807, 2.05) is 36.4 Å². The molecule has 0 aliphatic carbocycles. The van der Waals surface area contributed by atoms with Gasteiger partial charge in [-0.3, -0.25) is 14.8 Å². The monoisotopic (exact) mass is 371 g/mol. The maximum Gasteiger partial charge on any atom is 0.434 e. The maximum absolute atomic E-state index is 12.9. The van der Waals surface area contributed by atoms with Crippen LogP contribution in [0.5, 0.6) is 0 Å². The lowest BCUT2D eigenvalue weighted by Crippen LogP contribution is -2.28. The summed E-state index contributed by atoms with van der Waals surface area (Å²) in [5.74, 6) is -0.789. The number of alkyl halides is 3. The molecule has 1 aromatic carbocycles. The van der Waals surface area contributed by atoms with Crippen molar-refractivity contribution in [3.8, 4) is 11.1 Å². The summed E-state index contributed by atoms with van der Waals surface area (Å²) in [7, 11) is 0. The lowest BCUT2D eigenvalue weighted by Gasteiger charge is -2.11. The van der Waals surface area contributed by atoms with Gasteiger partial charge in [0.25, 0.3) is 5.91 Å². The number of pyridine rings is 2. The van der Waals surface area contributed by atoms with Gasteiger partial charge in [-0.15, -0.1) is 0 Å². The van der Waals surface area contributed by atoms with E-state index in [4.69, 9.17) is 0 Å². The molecule has 2 aromatic heterocycles. The summed E-state index contributed by atoms with van der Waals surface area (Å²) in [4.78, 5) is 19.4. The second-order valence-corrected chi connectivity index (χ2v) is 5.84. The predicted molar refractivity (Wildman–Crippen MR) is 94.9 cm³/mol. The lowest BCUT2D eigenvalue weighted by molar-refractivity contribution is -0.141. The zero-order valence-electron chi connectivity index (χ0n) is 14.2. The Morgan fingerprint density at radius 1 is 0.963 bits per heavy atom. The highest BCUT2D eigenvalue weighted by Gasteiger charge is 2.36. The molecule has 3 aromatic rings. The molecule has 0 aliphatic heterocycles. The van der Waals surface area contributed by atoms with Crippen LogP contribution in [0.15, 0.2) is 67.1 Å². The van der Waals surface area contributed by atoms with Crippen molar-refractivity contribution >= 4 is 5.91 Å². The molecule has 1 N–H and O–H groups in total. The average Bonchev–Trinajstić information content (AvgIpc) is 2.68. The van der Waals surface area contributed by atoms with E-state index in [0.29, 0.717) is 6.42 Å². The van der Waals surface area contributed by atoms with E-state index in [2.05, 4.69) is 15.3 Å². The van der Waals surface area contributed by atoms with Crippen molar-refractivity contribution in [2.45, 2.75) is 12.6 Å². The molecule has 0 unspecified atom stereocenters. The molecule has 1 amide bonds. The maximum atomic E-state index is 12.9. The highest BCUT2D eigenvalue weighted by atomic mass is 19.4. The molecule has 27 heavy (non-hydrogen) atoms. The van der Waals surface area contributed by atoms with Gasteiger partial charge in [0, 0.05) is 25.1 Å². The summed E-state index contributed by atoms with van der Waals surface area (Å²) in [6.45, 7) is 0.220. The number of amides is 1. The molecule has 0 atom stereocenters.